The Labute approximate surface area is 159 Å². The maximum Gasteiger partial charge on any atom is 0.223 e. The summed E-state index contributed by atoms with van der Waals surface area (Å²) in [6.07, 6.45) is 4.33. The number of methoxy groups -OCH3 is 2. The summed E-state index contributed by atoms with van der Waals surface area (Å²) in [6, 6.07) is 12.7. The molecule has 2 saturated carbocycles. The highest BCUT2D eigenvalue weighted by Crippen LogP contribution is 2.66. The van der Waals surface area contributed by atoms with Crippen molar-refractivity contribution in [3.63, 3.8) is 0 Å². The minimum atomic E-state index is -0.0271. The molecule has 0 heterocycles. The molecule has 3 aliphatic rings. The SMILES string of the molecule is COc1ccc2c(c1)C1(CC1CNC(=O)C1CCC1)c1cc(OC)ccc1-2. The minimum Gasteiger partial charge on any atom is -0.497 e. The van der Waals surface area contributed by atoms with Gasteiger partial charge in [-0.05, 0) is 71.7 Å². The van der Waals surface area contributed by atoms with Crippen LogP contribution in [0.2, 0.25) is 0 Å². The van der Waals surface area contributed by atoms with Crippen molar-refractivity contribution in [3.8, 4) is 22.6 Å². The summed E-state index contributed by atoms with van der Waals surface area (Å²) >= 11 is 0. The number of benzene rings is 2. The highest BCUT2D eigenvalue weighted by atomic mass is 16.5. The zero-order valence-electron chi connectivity index (χ0n) is 15.9. The topological polar surface area (TPSA) is 47.6 Å². The van der Waals surface area contributed by atoms with Crippen LogP contribution in [0.4, 0.5) is 0 Å². The third kappa shape index (κ3) is 2.39. The molecule has 0 aliphatic heterocycles. The van der Waals surface area contributed by atoms with Gasteiger partial charge < -0.3 is 14.8 Å². The van der Waals surface area contributed by atoms with Gasteiger partial charge in [0.2, 0.25) is 5.91 Å². The quantitative estimate of drug-likeness (QED) is 0.876. The predicted octanol–water partition coefficient (Wildman–Crippen LogP) is 3.91. The second kappa shape index (κ2) is 6.01. The number of fused-ring (bicyclic) bond motifs is 5. The number of nitrogens with one attached hydrogen (secondary N) is 1. The Kier molecular flexibility index (Phi) is 3.71. The van der Waals surface area contributed by atoms with Crippen molar-refractivity contribution >= 4 is 5.91 Å². The van der Waals surface area contributed by atoms with Crippen molar-refractivity contribution in [1.82, 2.24) is 5.32 Å². The van der Waals surface area contributed by atoms with E-state index < -0.39 is 0 Å². The van der Waals surface area contributed by atoms with Crippen LogP contribution in [0.3, 0.4) is 0 Å². The van der Waals surface area contributed by atoms with E-state index in [1.165, 1.54) is 28.7 Å². The van der Waals surface area contributed by atoms with E-state index in [4.69, 9.17) is 9.47 Å². The Morgan fingerprint density at radius 3 is 2.11 bits per heavy atom. The third-order valence-corrected chi connectivity index (χ3v) is 6.81. The molecular formula is C23H25NO3. The fraction of sp³-hybridized carbons (Fsp3) is 0.435. The first-order valence-corrected chi connectivity index (χ1v) is 9.82. The fourth-order valence-electron chi connectivity index (χ4n) is 4.93. The second-order valence-electron chi connectivity index (χ2n) is 8.07. The highest BCUT2D eigenvalue weighted by molar-refractivity contribution is 5.85. The Morgan fingerprint density at radius 1 is 1.04 bits per heavy atom. The lowest BCUT2D eigenvalue weighted by Gasteiger charge is -2.24. The molecule has 0 radical (unpaired) electrons. The molecule has 140 valence electrons. The van der Waals surface area contributed by atoms with E-state index in [9.17, 15) is 4.79 Å². The summed E-state index contributed by atoms with van der Waals surface area (Å²) in [7, 11) is 3.42. The number of ether oxygens (including phenoxy) is 2. The molecule has 2 aromatic carbocycles. The van der Waals surface area contributed by atoms with E-state index >= 15 is 0 Å². The molecule has 1 unspecified atom stereocenters. The Balaban J connectivity index is 1.49. The Morgan fingerprint density at radius 2 is 1.63 bits per heavy atom. The van der Waals surface area contributed by atoms with Crippen molar-refractivity contribution in [2.45, 2.75) is 31.1 Å². The van der Waals surface area contributed by atoms with Crippen LogP contribution in [-0.2, 0) is 10.2 Å². The van der Waals surface area contributed by atoms with Gasteiger partial charge in [0, 0.05) is 17.9 Å². The molecule has 2 fully saturated rings. The van der Waals surface area contributed by atoms with Crippen LogP contribution < -0.4 is 14.8 Å². The van der Waals surface area contributed by atoms with E-state index in [1.807, 2.05) is 12.1 Å². The molecule has 4 heteroatoms. The first-order valence-electron chi connectivity index (χ1n) is 9.82. The van der Waals surface area contributed by atoms with E-state index in [1.54, 1.807) is 14.2 Å². The lowest BCUT2D eigenvalue weighted by molar-refractivity contribution is -0.127. The summed E-state index contributed by atoms with van der Waals surface area (Å²) in [5.41, 5.74) is 5.18. The molecule has 2 aromatic rings. The summed E-state index contributed by atoms with van der Waals surface area (Å²) in [5, 5.41) is 3.22. The lowest BCUT2D eigenvalue weighted by Crippen LogP contribution is -2.36. The average Bonchev–Trinajstić information content (AvgIpc) is 3.32. The van der Waals surface area contributed by atoms with Crippen molar-refractivity contribution in [2.24, 2.45) is 11.8 Å². The fourth-order valence-corrected chi connectivity index (χ4v) is 4.93. The van der Waals surface area contributed by atoms with Crippen LogP contribution in [0.25, 0.3) is 11.1 Å². The maximum absolute atomic E-state index is 12.3. The number of hydrogen-bond acceptors (Lipinski definition) is 3. The zero-order chi connectivity index (χ0) is 18.6. The first-order chi connectivity index (χ1) is 13.2. The van der Waals surface area contributed by atoms with Crippen LogP contribution in [0.15, 0.2) is 36.4 Å². The van der Waals surface area contributed by atoms with Crippen molar-refractivity contribution in [1.29, 1.82) is 0 Å². The van der Waals surface area contributed by atoms with E-state index in [-0.39, 0.29) is 17.2 Å². The zero-order valence-corrected chi connectivity index (χ0v) is 15.9. The number of amides is 1. The van der Waals surface area contributed by atoms with Gasteiger partial charge in [-0.2, -0.15) is 0 Å². The van der Waals surface area contributed by atoms with E-state index in [0.29, 0.717) is 5.92 Å². The molecule has 4 nitrogen and oxygen atoms in total. The van der Waals surface area contributed by atoms with Crippen molar-refractivity contribution < 1.29 is 14.3 Å². The van der Waals surface area contributed by atoms with Gasteiger partial charge in [0.15, 0.2) is 0 Å². The Bertz CT molecular complexity index is 862. The van der Waals surface area contributed by atoms with Crippen LogP contribution in [0.5, 0.6) is 11.5 Å². The van der Waals surface area contributed by atoms with Crippen molar-refractivity contribution in [2.75, 3.05) is 20.8 Å². The van der Waals surface area contributed by atoms with Crippen LogP contribution in [-0.4, -0.2) is 26.7 Å². The van der Waals surface area contributed by atoms with Gasteiger partial charge in [-0.1, -0.05) is 18.6 Å². The summed E-state index contributed by atoms with van der Waals surface area (Å²) < 4.78 is 11.0. The van der Waals surface area contributed by atoms with Gasteiger partial charge in [0.25, 0.3) is 0 Å². The molecular weight excluding hydrogens is 338 g/mol. The molecule has 1 atom stereocenters. The number of rotatable bonds is 5. The van der Waals surface area contributed by atoms with Gasteiger partial charge in [-0.25, -0.2) is 0 Å². The van der Waals surface area contributed by atoms with E-state index in [0.717, 1.165) is 37.3 Å². The van der Waals surface area contributed by atoms with Crippen LogP contribution in [0.1, 0.15) is 36.8 Å². The molecule has 0 aromatic heterocycles. The largest absolute Gasteiger partial charge is 0.497 e. The predicted molar refractivity (Wildman–Crippen MR) is 104 cm³/mol. The molecule has 5 rings (SSSR count). The van der Waals surface area contributed by atoms with Crippen molar-refractivity contribution in [3.05, 3.63) is 47.5 Å². The van der Waals surface area contributed by atoms with Gasteiger partial charge in [0.05, 0.1) is 14.2 Å². The second-order valence-corrected chi connectivity index (χ2v) is 8.07. The molecule has 0 bridgehead atoms. The standard InChI is InChI=1S/C23H25NO3/c1-26-16-6-8-18-19-9-7-17(27-2)11-21(19)23(20(18)10-16)12-15(23)13-24-22(25)14-4-3-5-14/h6-11,14-15H,3-5,12-13H2,1-2H3,(H,24,25). The smallest absolute Gasteiger partial charge is 0.223 e. The number of carbonyl (C=O) groups excluding carboxylic acids is 1. The molecule has 3 aliphatic carbocycles. The van der Waals surface area contributed by atoms with Crippen LogP contribution in [0, 0.1) is 11.8 Å². The van der Waals surface area contributed by atoms with Crippen LogP contribution >= 0.6 is 0 Å². The van der Waals surface area contributed by atoms with Gasteiger partial charge in [-0.3, -0.25) is 4.79 Å². The van der Waals surface area contributed by atoms with Gasteiger partial charge in [-0.15, -0.1) is 0 Å². The summed E-state index contributed by atoms with van der Waals surface area (Å²) in [5.74, 6) is 2.66. The highest BCUT2D eigenvalue weighted by Gasteiger charge is 2.61. The van der Waals surface area contributed by atoms with Gasteiger partial charge in [0.1, 0.15) is 11.5 Å². The molecule has 1 N–H and O–H groups in total. The monoisotopic (exact) mass is 363 g/mol. The van der Waals surface area contributed by atoms with E-state index in [2.05, 4.69) is 29.6 Å². The number of carbonyl (C=O) groups is 1. The molecule has 1 spiro atoms. The lowest BCUT2D eigenvalue weighted by atomic mass is 9.84. The minimum absolute atomic E-state index is 0.0271. The third-order valence-electron chi connectivity index (χ3n) is 6.81. The Hall–Kier alpha value is -2.49. The molecule has 1 amide bonds. The summed E-state index contributed by atoms with van der Waals surface area (Å²) in [4.78, 5) is 12.3. The molecule has 27 heavy (non-hydrogen) atoms. The maximum atomic E-state index is 12.3. The number of hydrogen-bond donors (Lipinski definition) is 1. The van der Waals surface area contributed by atoms with Gasteiger partial charge >= 0.3 is 0 Å². The summed E-state index contributed by atoms with van der Waals surface area (Å²) in [6.45, 7) is 0.739. The molecule has 0 saturated heterocycles. The average molecular weight is 363 g/mol. The normalized spacial score (nSPS) is 21.2. The first kappa shape index (κ1) is 16.7.